The van der Waals surface area contributed by atoms with Gasteiger partial charge < -0.3 is 14.8 Å². The first-order valence-electron chi connectivity index (χ1n) is 10.4. The van der Waals surface area contributed by atoms with Crippen molar-refractivity contribution < 1.29 is 13.2 Å². The molecule has 2 aromatic heterocycles. The number of likely N-dealkylation sites (N-methyl/N-ethyl adjacent to an activating group) is 1. The van der Waals surface area contributed by atoms with Crippen LogP contribution in [0.4, 0.5) is 19.0 Å². The predicted molar refractivity (Wildman–Crippen MR) is 119 cm³/mol. The minimum atomic E-state index is -4.38. The van der Waals surface area contributed by atoms with Crippen LogP contribution in [-0.4, -0.2) is 53.1 Å². The Bertz CT molecular complexity index is 1220. The second kappa shape index (κ2) is 7.94. The number of aromatic nitrogens is 3. The fourth-order valence-corrected chi connectivity index (χ4v) is 3.92. The molecule has 1 aliphatic rings. The highest BCUT2D eigenvalue weighted by Crippen LogP contribution is 2.32. The summed E-state index contributed by atoms with van der Waals surface area (Å²) in [6.07, 6.45) is -2.50. The Morgan fingerprint density at radius 2 is 1.53 bits per heavy atom. The van der Waals surface area contributed by atoms with Gasteiger partial charge in [-0.3, -0.25) is 0 Å². The number of nitrogens with zero attached hydrogens (tertiary/aromatic N) is 4. The molecule has 1 aliphatic heterocycles. The fourth-order valence-electron chi connectivity index (χ4n) is 3.92. The summed E-state index contributed by atoms with van der Waals surface area (Å²) < 4.78 is 38.9. The van der Waals surface area contributed by atoms with E-state index in [4.69, 9.17) is 0 Å². The van der Waals surface area contributed by atoms with E-state index in [1.807, 2.05) is 36.5 Å². The monoisotopic (exact) mass is 437 g/mol. The molecule has 32 heavy (non-hydrogen) atoms. The van der Waals surface area contributed by atoms with Crippen LogP contribution in [0.3, 0.4) is 0 Å². The van der Waals surface area contributed by atoms with Crippen molar-refractivity contribution in [2.24, 2.45) is 0 Å². The zero-order valence-corrected chi connectivity index (χ0v) is 17.5. The summed E-state index contributed by atoms with van der Waals surface area (Å²) in [4.78, 5) is 16.7. The minimum absolute atomic E-state index is 0.364. The summed E-state index contributed by atoms with van der Waals surface area (Å²) in [5.41, 5.74) is 3.00. The summed E-state index contributed by atoms with van der Waals surface area (Å²) >= 11 is 0. The molecule has 0 unspecified atom stereocenters. The lowest BCUT2D eigenvalue weighted by Crippen LogP contribution is -2.44. The first kappa shape index (κ1) is 20.5. The van der Waals surface area contributed by atoms with Crippen molar-refractivity contribution in [2.45, 2.75) is 6.18 Å². The Hall–Kier alpha value is -3.39. The first-order valence-corrected chi connectivity index (χ1v) is 10.4. The van der Waals surface area contributed by atoms with E-state index < -0.39 is 11.7 Å². The number of aromatic amines is 1. The molecular formula is C24H22F3N5. The van der Waals surface area contributed by atoms with Gasteiger partial charge in [0.2, 0.25) is 0 Å². The number of fused-ring (bicyclic) bond motifs is 1. The molecule has 5 rings (SSSR count). The minimum Gasteiger partial charge on any atom is -0.354 e. The Balaban J connectivity index is 1.35. The number of pyridine rings is 1. The zero-order chi connectivity index (χ0) is 22.3. The standard InChI is InChI=1S/C24H22F3N5/c1-31-10-12-32(13-11-31)22-9-6-18(15-28-22)16-2-4-17(5-3-16)23-29-20-8-7-19(24(25,26)27)14-21(20)30-23/h2-9,14-15H,10-13H2,1H3,(H,29,30). The molecule has 1 saturated heterocycles. The number of H-pyrrole nitrogens is 1. The van der Waals surface area contributed by atoms with Crippen molar-refractivity contribution in [2.75, 3.05) is 38.1 Å². The molecule has 0 spiro atoms. The summed E-state index contributed by atoms with van der Waals surface area (Å²) in [7, 11) is 2.13. The van der Waals surface area contributed by atoms with E-state index in [1.54, 1.807) is 0 Å². The van der Waals surface area contributed by atoms with E-state index in [9.17, 15) is 13.2 Å². The second-order valence-electron chi connectivity index (χ2n) is 8.09. The molecule has 3 heterocycles. The number of anilines is 1. The van der Waals surface area contributed by atoms with Crippen LogP contribution in [0.25, 0.3) is 33.5 Å². The number of rotatable bonds is 3. The number of benzene rings is 2. The van der Waals surface area contributed by atoms with Gasteiger partial charge in [0.25, 0.3) is 0 Å². The molecule has 0 aliphatic carbocycles. The molecule has 4 aromatic rings. The topological polar surface area (TPSA) is 48.0 Å². The maximum absolute atomic E-state index is 13.0. The number of hydrogen-bond donors (Lipinski definition) is 1. The van der Waals surface area contributed by atoms with Crippen molar-refractivity contribution in [3.63, 3.8) is 0 Å². The van der Waals surface area contributed by atoms with Gasteiger partial charge in [0.05, 0.1) is 16.6 Å². The van der Waals surface area contributed by atoms with Crippen molar-refractivity contribution in [3.05, 3.63) is 66.4 Å². The van der Waals surface area contributed by atoms with Crippen molar-refractivity contribution >= 4 is 16.9 Å². The van der Waals surface area contributed by atoms with Crippen molar-refractivity contribution in [1.82, 2.24) is 19.9 Å². The van der Waals surface area contributed by atoms with Gasteiger partial charge in [-0.2, -0.15) is 13.2 Å². The number of imidazole rings is 1. The molecule has 1 N–H and O–H groups in total. The number of nitrogens with one attached hydrogen (secondary N) is 1. The van der Waals surface area contributed by atoms with Gasteiger partial charge in [0.1, 0.15) is 11.6 Å². The van der Waals surface area contributed by atoms with E-state index in [1.165, 1.54) is 6.07 Å². The van der Waals surface area contributed by atoms with E-state index in [-0.39, 0.29) is 0 Å². The summed E-state index contributed by atoms with van der Waals surface area (Å²) in [6, 6.07) is 15.4. The van der Waals surface area contributed by atoms with Crippen LogP contribution in [0.1, 0.15) is 5.56 Å². The smallest absolute Gasteiger partial charge is 0.354 e. The Labute approximate surface area is 183 Å². The molecule has 0 bridgehead atoms. The molecule has 5 nitrogen and oxygen atoms in total. The average Bonchev–Trinajstić information content (AvgIpc) is 3.23. The van der Waals surface area contributed by atoms with Gasteiger partial charge in [0.15, 0.2) is 0 Å². The zero-order valence-electron chi connectivity index (χ0n) is 17.5. The van der Waals surface area contributed by atoms with Crippen LogP contribution >= 0.6 is 0 Å². The molecule has 164 valence electrons. The highest BCUT2D eigenvalue weighted by Gasteiger charge is 2.30. The van der Waals surface area contributed by atoms with Gasteiger partial charge in [-0.15, -0.1) is 0 Å². The number of hydrogen-bond acceptors (Lipinski definition) is 4. The maximum Gasteiger partial charge on any atom is 0.416 e. The lowest BCUT2D eigenvalue weighted by atomic mass is 10.1. The number of halogens is 3. The van der Waals surface area contributed by atoms with Crippen LogP contribution in [0, 0.1) is 0 Å². The fraction of sp³-hybridized carbons (Fsp3) is 0.250. The quantitative estimate of drug-likeness (QED) is 0.487. The normalized spacial score (nSPS) is 15.4. The van der Waals surface area contributed by atoms with Crippen LogP contribution in [0.2, 0.25) is 0 Å². The van der Waals surface area contributed by atoms with Gasteiger partial charge >= 0.3 is 6.18 Å². The van der Waals surface area contributed by atoms with E-state index >= 15 is 0 Å². The van der Waals surface area contributed by atoms with Crippen LogP contribution < -0.4 is 4.90 Å². The van der Waals surface area contributed by atoms with Crippen LogP contribution in [-0.2, 0) is 6.18 Å². The second-order valence-corrected chi connectivity index (χ2v) is 8.09. The summed E-state index contributed by atoms with van der Waals surface area (Å²) in [5.74, 6) is 1.52. The summed E-state index contributed by atoms with van der Waals surface area (Å²) in [5, 5.41) is 0. The van der Waals surface area contributed by atoms with Crippen LogP contribution in [0.15, 0.2) is 60.8 Å². The third-order valence-corrected chi connectivity index (χ3v) is 5.88. The lowest BCUT2D eigenvalue weighted by molar-refractivity contribution is -0.137. The SMILES string of the molecule is CN1CCN(c2ccc(-c3ccc(-c4nc5ccc(C(F)(F)F)cc5[nH]4)cc3)cn2)CC1. The van der Waals surface area contributed by atoms with Crippen molar-refractivity contribution in [1.29, 1.82) is 0 Å². The number of alkyl halides is 3. The molecule has 8 heteroatoms. The highest BCUT2D eigenvalue weighted by atomic mass is 19.4. The molecule has 0 atom stereocenters. The number of piperazine rings is 1. The maximum atomic E-state index is 13.0. The predicted octanol–water partition coefficient (Wildman–Crippen LogP) is 5.06. The third kappa shape index (κ3) is 4.05. The Morgan fingerprint density at radius 3 is 2.19 bits per heavy atom. The molecule has 1 fully saturated rings. The third-order valence-electron chi connectivity index (χ3n) is 5.88. The highest BCUT2D eigenvalue weighted by molar-refractivity contribution is 5.80. The van der Waals surface area contributed by atoms with E-state index in [0.29, 0.717) is 16.9 Å². The van der Waals surface area contributed by atoms with Crippen molar-refractivity contribution in [3.8, 4) is 22.5 Å². The van der Waals surface area contributed by atoms with Gasteiger partial charge in [-0.05, 0) is 42.9 Å². The van der Waals surface area contributed by atoms with E-state index in [2.05, 4.69) is 37.9 Å². The molecule has 0 radical (unpaired) electrons. The van der Waals surface area contributed by atoms with E-state index in [0.717, 1.165) is 60.8 Å². The summed E-state index contributed by atoms with van der Waals surface area (Å²) in [6.45, 7) is 4.01. The lowest BCUT2D eigenvalue weighted by Gasteiger charge is -2.33. The largest absolute Gasteiger partial charge is 0.416 e. The van der Waals surface area contributed by atoms with Gasteiger partial charge in [0, 0.05) is 43.5 Å². The molecular weight excluding hydrogens is 415 g/mol. The molecule has 0 amide bonds. The van der Waals surface area contributed by atoms with Gasteiger partial charge in [-0.1, -0.05) is 24.3 Å². The molecule has 2 aromatic carbocycles. The average molecular weight is 437 g/mol. The Morgan fingerprint density at radius 1 is 0.844 bits per heavy atom. The Kier molecular flexibility index (Phi) is 5.09. The first-order chi connectivity index (χ1) is 15.4. The van der Waals surface area contributed by atoms with Crippen LogP contribution in [0.5, 0.6) is 0 Å². The molecule has 0 saturated carbocycles. The van der Waals surface area contributed by atoms with Gasteiger partial charge in [-0.25, -0.2) is 9.97 Å².